The van der Waals surface area contributed by atoms with Gasteiger partial charge in [-0.15, -0.1) is 6.42 Å². The summed E-state index contributed by atoms with van der Waals surface area (Å²) in [5, 5.41) is 12.7. The highest BCUT2D eigenvalue weighted by Crippen LogP contribution is 2.20. The van der Waals surface area contributed by atoms with Gasteiger partial charge in [-0.25, -0.2) is 20.0 Å². The molecule has 0 unspecified atom stereocenters. The van der Waals surface area contributed by atoms with E-state index in [9.17, 15) is 27.6 Å². The number of hydrogen-bond donors (Lipinski definition) is 0. The third-order valence-electron chi connectivity index (χ3n) is 6.82. The number of rotatable bonds is 11. The smallest absolute Gasteiger partial charge is 0.299 e. The zero-order chi connectivity index (χ0) is 45.6. The number of hydrogen-bond acceptors (Lipinski definition) is 21. The number of allylic oxidation sites excluding steroid dienone is 1. The number of carbonyl (C=O) groups is 3. The van der Waals surface area contributed by atoms with E-state index in [0.717, 1.165) is 23.7 Å². The quantitative estimate of drug-likeness (QED) is 0.0784. The van der Waals surface area contributed by atoms with Crippen LogP contribution in [0.5, 0.6) is 17.6 Å². The minimum Gasteiger partial charge on any atom is -0.479 e. The number of halogens is 3. The van der Waals surface area contributed by atoms with Gasteiger partial charge in [0.2, 0.25) is 34.9 Å². The second-order valence-electron chi connectivity index (χ2n) is 10.6. The van der Waals surface area contributed by atoms with Crippen molar-refractivity contribution in [3.63, 3.8) is 0 Å². The lowest BCUT2D eigenvalue weighted by Crippen LogP contribution is -2.25. The van der Waals surface area contributed by atoms with Crippen molar-refractivity contribution in [3.8, 4) is 41.8 Å². The van der Waals surface area contributed by atoms with Gasteiger partial charge in [0, 0.05) is 38.4 Å². The molecule has 0 saturated carbocycles. The number of Topliss-reactive ketones (excluding diaryl/α,β-unsaturated/α-hetero) is 1. The monoisotopic (exact) mass is 863 g/mol. The van der Waals surface area contributed by atoms with Crippen LogP contribution in [-0.4, -0.2) is 123 Å². The van der Waals surface area contributed by atoms with E-state index in [1.807, 2.05) is 0 Å². The van der Waals surface area contributed by atoms with E-state index < -0.39 is 29.0 Å². The normalized spacial score (nSPS) is 10.0. The molecule has 62 heavy (non-hydrogen) atoms. The van der Waals surface area contributed by atoms with E-state index in [1.54, 1.807) is 7.05 Å². The van der Waals surface area contributed by atoms with Gasteiger partial charge in [0.15, 0.2) is 22.9 Å². The molecule has 0 aliphatic carbocycles. The molecule has 25 heteroatoms. The van der Waals surface area contributed by atoms with Crippen LogP contribution in [0, 0.1) is 41.6 Å². The Morgan fingerprint density at radius 3 is 1.61 bits per heavy atom. The molecule has 1 amide bonds. The molecule has 0 atom stereocenters. The average Bonchev–Trinajstić information content (AvgIpc) is 4.14. The molecule has 0 fully saturated rings. The number of nitrogens with zero attached hydrogens (tertiary/aromatic N) is 11. The van der Waals surface area contributed by atoms with Crippen LogP contribution in [0.3, 0.4) is 0 Å². The van der Waals surface area contributed by atoms with Crippen LogP contribution >= 0.6 is 0 Å². The highest BCUT2D eigenvalue weighted by molar-refractivity contribution is 6.08. The van der Waals surface area contributed by atoms with Crippen LogP contribution in [0.4, 0.5) is 13.2 Å². The van der Waals surface area contributed by atoms with Gasteiger partial charge in [-0.1, -0.05) is 15.5 Å². The van der Waals surface area contributed by atoms with E-state index in [-0.39, 0.29) is 63.8 Å². The molecule has 22 nitrogen and oxygen atoms in total. The Hall–Kier alpha value is -8.55. The zero-order valence-electron chi connectivity index (χ0n) is 33.4. The molecule has 6 rings (SSSR count). The lowest BCUT2D eigenvalue weighted by Gasteiger charge is -2.18. The number of hydroxylamine groups is 4. The summed E-state index contributed by atoms with van der Waals surface area (Å²) in [5.41, 5.74) is 0.621. The molecular weight excluding hydrogens is 831 g/mol. The first-order chi connectivity index (χ1) is 29.8. The largest absolute Gasteiger partial charge is 0.479 e. The lowest BCUT2D eigenvalue weighted by molar-refractivity contribution is -0.0762. The number of ether oxygens (including phenoxy) is 3. The van der Waals surface area contributed by atoms with Gasteiger partial charge in [0.25, 0.3) is 29.3 Å². The first kappa shape index (κ1) is 47.8. The van der Waals surface area contributed by atoms with E-state index >= 15 is 0 Å². The Balaban J connectivity index is 0.000000230. The molecule has 0 radical (unpaired) electrons. The number of amides is 1. The summed E-state index contributed by atoms with van der Waals surface area (Å²) in [7, 11) is 9.69. The number of terminal acetylenes is 1. The predicted octanol–water partition coefficient (Wildman–Crippen LogP) is 3.09. The summed E-state index contributed by atoms with van der Waals surface area (Å²) >= 11 is 0. The topological polar surface area (TPSA) is 259 Å². The standard InChI is InChI=1S/C13H13FN4O4.C11H6FN3O3.C7H5FN2O.C6H8N2O3/c1-18(21-3)10(6-11(19)9-4-5-22-17-9)12-15-7-8(14)13(16-12)20-2;1-17-11-7(12)6-13-10(14-11)3-2-9(16)8-4-5-18-15-8;1-3-6-9-4-5(8)7(10-6)11-2;1-8(10-2)6(9)5-3-4-11-7-5/h4-7H,1-3H3;4-6H,1H3;1,4H,2H3;3-4H,1-2H3/b10-6+;;;. The van der Waals surface area contributed by atoms with E-state index in [2.05, 4.69) is 91.0 Å². The third kappa shape index (κ3) is 14.1. The van der Waals surface area contributed by atoms with Crippen molar-refractivity contribution in [2.75, 3.05) is 49.6 Å². The molecular formula is C37H32F3N11O11. The summed E-state index contributed by atoms with van der Waals surface area (Å²) in [5.74, 6) is 2.98. The van der Waals surface area contributed by atoms with Gasteiger partial charge in [0.05, 0.1) is 54.1 Å². The highest BCUT2D eigenvalue weighted by Gasteiger charge is 2.18. The molecule has 6 heterocycles. The van der Waals surface area contributed by atoms with Crippen LogP contribution < -0.4 is 14.2 Å². The molecule has 6 aromatic heterocycles. The molecule has 0 aliphatic rings. The first-order valence-electron chi connectivity index (χ1n) is 16.6. The number of ketones is 2. The predicted molar refractivity (Wildman–Crippen MR) is 200 cm³/mol. The molecule has 0 aliphatic heterocycles. The van der Waals surface area contributed by atoms with Crippen molar-refractivity contribution >= 4 is 23.2 Å². The fraction of sp³-hybridized carbons (Fsp3) is 0.189. The van der Waals surface area contributed by atoms with Gasteiger partial charge in [0.1, 0.15) is 24.5 Å². The van der Waals surface area contributed by atoms with Gasteiger partial charge in [-0.3, -0.25) is 29.1 Å². The lowest BCUT2D eigenvalue weighted by atomic mass is 10.2. The molecule has 0 saturated heterocycles. The minimum atomic E-state index is -0.714. The van der Waals surface area contributed by atoms with E-state index in [4.69, 9.17) is 16.0 Å². The molecule has 6 aromatic rings. The van der Waals surface area contributed by atoms with Crippen LogP contribution in [0.15, 0.2) is 75.2 Å². The fourth-order valence-electron chi connectivity index (χ4n) is 3.74. The van der Waals surface area contributed by atoms with Crippen LogP contribution in [0.25, 0.3) is 5.70 Å². The summed E-state index contributed by atoms with van der Waals surface area (Å²) < 4.78 is 66.6. The van der Waals surface area contributed by atoms with E-state index in [0.29, 0.717) is 0 Å². The van der Waals surface area contributed by atoms with Crippen molar-refractivity contribution in [3.05, 3.63) is 114 Å². The van der Waals surface area contributed by atoms with Gasteiger partial charge in [-0.05, 0) is 17.8 Å². The maximum absolute atomic E-state index is 13.4. The Labute approximate surface area is 348 Å². The van der Waals surface area contributed by atoms with Gasteiger partial charge < -0.3 is 27.8 Å². The second-order valence-corrected chi connectivity index (χ2v) is 10.6. The molecule has 0 bridgehead atoms. The van der Waals surface area contributed by atoms with Crippen LogP contribution in [0.1, 0.15) is 48.9 Å². The molecule has 322 valence electrons. The second kappa shape index (κ2) is 24.4. The maximum Gasteiger partial charge on any atom is 0.299 e. The molecule has 0 N–H and O–H groups in total. The van der Waals surface area contributed by atoms with E-state index in [1.165, 1.54) is 90.7 Å². The average molecular weight is 864 g/mol. The Morgan fingerprint density at radius 2 is 1.13 bits per heavy atom. The molecule has 0 aromatic carbocycles. The van der Waals surface area contributed by atoms with Crippen LogP contribution in [-0.2, 0) is 9.68 Å². The van der Waals surface area contributed by atoms with Crippen LogP contribution in [0.2, 0.25) is 0 Å². The van der Waals surface area contributed by atoms with Crippen molar-refractivity contribution in [1.29, 1.82) is 0 Å². The Kier molecular flexibility index (Phi) is 18.8. The highest BCUT2D eigenvalue weighted by atomic mass is 19.1. The fourth-order valence-corrected chi connectivity index (χ4v) is 3.74. The van der Waals surface area contributed by atoms with Crippen molar-refractivity contribution < 1.29 is 65.0 Å². The zero-order valence-corrected chi connectivity index (χ0v) is 33.4. The summed E-state index contributed by atoms with van der Waals surface area (Å²) in [4.78, 5) is 66.4. The van der Waals surface area contributed by atoms with Gasteiger partial charge in [-0.2, -0.15) is 28.1 Å². The number of aromatic nitrogens is 9. The Morgan fingerprint density at radius 1 is 0.661 bits per heavy atom. The van der Waals surface area contributed by atoms with Crippen molar-refractivity contribution in [2.45, 2.75) is 0 Å². The summed E-state index contributed by atoms with van der Waals surface area (Å²) in [6.45, 7) is 0. The van der Waals surface area contributed by atoms with Crippen molar-refractivity contribution in [2.24, 2.45) is 0 Å². The molecule has 0 spiro atoms. The first-order valence-corrected chi connectivity index (χ1v) is 16.6. The maximum atomic E-state index is 13.4. The number of methoxy groups -OCH3 is 3. The number of carbonyl (C=O) groups excluding carboxylic acids is 3. The van der Waals surface area contributed by atoms with Crippen molar-refractivity contribution in [1.82, 2.24) is 55.5 Å². The summed E-state index contributed by atoms with van der Waals surface area (Å²) in [6, 6.07) is 4.26. The third-order valence-corrected chi connectivity index (χ3v) is 6.82. The van der Waals surface area contributed by atoms with Gasteiger partial charge >= 0.3 is 0 Å². The Bertz CT molecular complexity index is 2520. The summed E-state index contributed by atoms with van der Waals surface area (Å²) in [6.07, 6.45) is 12.9. The SMILES string of the molecule is C#Cc1ncc(F)c(OC)n1.CON(C)C(=O)c1ccon1.COc1nc(/C(=C\C(=O)c2ccon2)N(C)OC)ncc1F.COc1nc(C#CC(=O)c2ccon2)ncc1F. The minimum absolute atomic E-state index is 0.0231.